The molecule has 0 saturated carbocycles. The molecule has 1 aromatic heterocycles. The van der Waals surface area contributed by atoms with Crippen molar-refractivity contribution in [1.29, 1.82) is 0 Å². The quantitative estimate of drug-likeness (QED) is 0.764. The van der Waals surface area contributed by atoms with E-state index in [2.05, 4.69) is 17.6 Å². The molecule has 17 heavy (non-hydrogen) atoms. The van der Waals surface area contributed by atoms with E-state index in [0.29, 0.717) is 6.54 Å². The third kappa shape index (κ3) is 5.04. The molecule has 1 amide bonds. The van der Waals surface area contributed by atoms with E-state index in [4.69, 9.17) is 4.42 Å². The van der Waals surface area contributed by atoms with E-state index in [0.717, 1.165) is 18.6 Å². The van der Waals surface area contributed by atoms with Crippen molar-refractivity contribution in [3.63, 3.8) is 0 Å². The molecule has 0 bridgehead atoms. The van der Waals surface area contributed by atoms with Gasteiger partial charge in [0.1, 0.15) is 5.76 Å². The second-order valence-corrected chi connectivity index (χ2v) is 4.38. The van der Waals surface area contributed by atoms with Crippen LogP contribution in [0.2, 0.25) is 0 Å². The van der Waals surface area contributed by atoms with Gasteiger partial charge >= 0.3 is 0 Å². The van der Waals surface area contributed by atoms with Gasteiger partial charge < -0.3 is 9.73 Å². The van der Waals surface area contributed by atoms with E-state index in [-0.39, 0.29) is 18.0 Å². The standard InChI is InChI=1S/C13H22N2O2/c1-4-6-10(2)15-13(16)11(3)14-9-12-7-5-8-17-12/h5,7-8,10-11,14H,4,6,9H2,1-3H3,(H,15,16). The van der Waals surface area contributed by atoms with Crippen molar-refractivity contribution in [3.8, 4) is 0 Å². The molecule has 2 unspecified atom stereocenters. The number of furan rings is 1. The van der Waals surface area contributed by atoms with Crippen molar-refractivity contribution < 1.29 is 9.21 Å². The molecule has 0 fully saturated rings. The van der Waals surface area contributed by atoms with Crippen LogP contribution in [0.4, 0.5) is 0 Å². The molecule has 0 radical (unpaired) electrons. The van der Waals surface area contributed by atoms with Crippen LogP contribution in [0.5, 0.6) is 0 Å². The smallest absolute Gasteiger partial charge is 0.237 e. The number of amides is 1. The van der Waals surface area contributed by atoms with Crippen molar-refractivity contribution in [2.75, 3.05) is 0 Å². The number of nitrogens with one attached hydrogen (secondary N) is 2. The Morgan fingerprint density at radius 2 is 2.24 bits per heavy atom. The topological polar surface area (TPSA) is 54.3 Å². The first kappa shape index (κ1) is 13.8. The molecule has 0 aliphatic carbocycles. The fourth-order valence-electron chi connectivity index (χ4n) is 1.63. The highest BCUT2D eigenvalue weighted by atomic mass is 16.3. The summed E-state index contributed by atoms with van der Waals surface area (Å²) in [7, 11) is 0. The zero-order chi connectivity index (χ0) is 12.7. The van der Waals surface area contributed by atoms with Crippen LogP contribution < -0.4 is 10.6 Å². The maximum atomic E-state index is 11.8. The first-order valence-corrected chi connectivity index (χ1v) is 6.19. The lowest BCUT2D eigenvalue weighted by molar-refractivity contribution is -0.123. The van der Waals surface area contributed by atoms with E-state index in [1.54, 1.807) is 6.26 Å². The summed E-state index contributed by atoms with van der Waals surface area (Å²) in [5.41, 5.74) is 0. The zero-order valence-corrected chi connectivity index (χ0v) is 10.8. The van der Waals surface area contributed by atoms with Gasteiger partial charge in [0.25, 0.3) is 0 Å². The average molecular weight is 238 g/mol. The second-order valence-electron chi connectivity index (χ2n) is 4.38. The Morgan fingerprint density at radius 1 is 1.47 bits per heavy atom. The second kappa shape index (κ2) is 7.12. The van der Waals surface area contributed by atoms with Crippen LogP contribution in [-0.2, 0) is 11.3 Å². The normalized spacial score (nSPS) is 14.3. The molecule has 0 spiro atoms. The van der Waals surface area contributed by atoms with Gasteiger partial charge in [-0.25, -0.2) is 0 Å². The molecule has 2 atom stereocenters. The van der Waals surface area contributed by atoms with Crippen LogP contribution in [0.25, 0.3) is 0 Å². The molecule has 1 heterocycles. The molecular weight excluding hydrogens is 216 g/mol. The number of hydrogen-bond donors (Lipinski definition) is 2. The number of carbonyl (C=O) groups is 1. The van der Waals surface area contributed by atoms with E-state index < -0.39 is 0 Å². The molecule has 0 saturated heterocycles. The summed E-state index contributed by atoms with van der Waals surface area (Å²) < 4.78 is 5.19. The molecule has 4 heteroatoms. The van der Waals surface area contributed by atoms with E-state index >= 15 is 0 Å². The lowest BCUT2D eigenvalue weighted by Crippen LogP contribution is -2.45. The van der Waals surface area contributed by atoms with E-state index in [1.807, 2.05) is 26.0 Å². The zero-order valence-electron chi connectivity index (χ0n) is 10.8. The van der Waals surface area contributed by atoms with Gasteiger partial charge in [-0.2, -0.15) is 0 Å². The number of rotatable bonds is 7. The van der Waals surface area contributed by atoms with Gasteiger partial charge in [-0.05, 0) is 32.4 Å². The molecule has 2 N–H and O–H groups in total. The minimum absolute atomic E-state index is 0.0394. The lowest BCUT2D eigenvalue weighted by Gasteiger charge is -2.17. The van der Waals surface area contributed by atoms with Crippen LogP contribution in [0.3, 0.4) is 0 Å². The van der Waals surface area contributed by atoms with E-state index in [1.165, 1.54) is 0 Å². The Kier molecular flexibility index (Phi) is 5.77. The van der Waals surface area contributed by atoms with Gasteiger partial charge in [0.05, 0.1) is 18.8 Å². The Bertz CT molecular complexity index is 322. The Morgan fingerprint density at radius 3 is 2.82 bits per heavy atom. The van der Waals surface area contributed by atoms with Crippen molar-refractivity contribution in [3.05, 3.63) is 24.2 Å². The molecule has 4 nitrogen and oxygen atoms in total. The van der Waals surface area contributed by atoms with Crippen LogP contribution in [0.15, 0.2) is 22.8 Å². The van der Waals surface area contributed by atoms with Crippen molar-refractivity contribution in [1.82, 2.24) is 10.6 Å². The highest BCUT2D eigenvalue weighted by molar-refractivity contribution is 5.81. The molecule has 0 aromatic carbocycles. The molecular formula is C13H22N2O2. The van der Waals surface area contributed by atoms with Gasteiger partial charge in [-0.1, -0.05) is 13.3 Å². The highest BCUT2D eigenvalue weighted by Crippen LogP contribution is 2.00. The van der Waals surface area contributed by atoms with Crippen molar-refractivity contribution in [2.45, 2.75) is 52.2 Å². The first-order chi connectivity index (χ1) is 8.13. The predicted molar refractivity (Wildman–Crippen MR) is 67.5 cm³/mol. The Labute approximate surface area is 103 Å². The lowest BCUT2D eigenvalue weighted by atomic mass is 10.2. The monoisotopic (exact) mass is 238 g/mol. The minimum Gasteiger partial charge on any atom is -0.468 e. The van der Waals surface area contributed by atoms with Gasteiger partial charge in [0.15, 0.2) is 0 Å². The summed E-state index contributed by atoms with van der Waals surface area (Å²) in [6, 6.07) is 3.75. The van der Waals surface area contributed by atoms with Crippen molar-refractivity contribution >= 4 is 5.91 Å². The summed E-state index contributed by atoms with van der Waals surface area (Å²) in [6.07, 6.45) is 3.72. The third-order valence-electron chi connectivity index (χ3n) is 2.67. The number of carbonyl (C=O) groups excluding carboxylic acids is 1. The Hall–Kier alpha value is -1.29. The summed E-state index contributed by atoms with van der Waals surface area (Å²) in [5.74, 6) is 0.878. The largest absolute Gasteiger partial charge is 0.468 e. The minimum atomic E-state index is -0.209. The van der Waals surface area contributed by atoms with Gasteiger partial charge in [-0.3, -0.25) is 10.1 Å². The maximum Gasteiger partial charge on any atom is 0.237 e. The molecule has 1 aromatic rings. The van der Waals surface area contributed by atoms with Crippen LogP contribution >= 0.6 is 0 Å². The summed E-state index contributed by atoms with van der Waals surface area (Å²) in [4.78, 5) is 11.8. The fraction of sp³-hybridized carbons (Fsp3) is 0.615. The third-order valence-corrected chi connectivity index (χ3v) is 2.67. The maximum absolute atomic E-state index is 11.8. The highest BCUT2D eigenvalue weighted by Gasteiger charge is 2.14. The summed E-state index contributed by atoms with van der Waals surface area (Å²) in [6.45, 7) is 6.57. The fourth-order valence-corrected chi connectivity index (χ4v) is 1.63. The molecule has 96 valence electrons. The molecule has 0 aliphatic rings. The van der Waals surface area contributed by atoms with Crippen LogP contribution in [-0.4, -0.2) is 18.0 Å². The molecule has 1 rings (SSSR count). The van der Waals surface area contributed by atoms with Gasteiger partial charge in [-0.15, -0.1) is 0 Å². The Balaban J connectivity index is 2.26. The first-order valence-electron chi connectivity index (χ1n) is 6.19. The van der Waals surface area contributed by atoms with Gasteiger partial charge in [0, 0.05) is 6.04 Å². The average Bonchev–Trinajstić information content (AvgIpc) is 2.78. The van der Waals surface area contributed by atoms with Crippen molar-refractivity contribution in [2.24, 2.45) is 0 Å². The predicted octanol–water partition coefficient (Wildman–Crippen LogP) is 2.06. The number of hydrogen-bond acceptors (Lipinski definition) is 3. The summed E-state index contributed by atoms with van der Waals surface area (Å²) in [5, 5.41) is 6.11. The molecule has 0 aliphatic heterocycles. The van der Waals surface area contributed by atoms with Crippen LogP contribution in [0.1, 0.15) is 39.4 Å². The SMILES string of the molecule is CCCC(C)NC(=O)C(C)NCc1ccco1. The van der Waals surface area contributed by atoms with Crippen LogP contribution in [0, 0.1) is 0 Å². The van der Waals surface area contributed by atoms with E-state index in [9.17, 15) is 4.79 Å². The summed E-state index contributed by atoms with van der Waals surface area (Å²) >= 11 is 0. The van der Waals surface area contributed by atoms with Gasteiger partial charge in [0.2, 0.25) is 5.91 Å².